The van der Waals surface area contributed by atoms with Crippen LogP contribution < -0.4 is 10.9 Å². The molecule has 0 aliphatic rings. The van der Waals surface area contributed by atoms with Crippen molar-refractivity contribution in [3.63, 3.8) is 0 Å². The first-order valence-corrected chi connectivity index (χ1v) is 7.59. The van der Waals surface area contributed by atoms with Gasteiger partial charge in [-0.15, -0.1) is 0 Å². The van der Waals surface area contributed by atoms with Crippen molar-refractivity contribution in [3.05, 3.63) is 81.6 Å². The van der Waals surface area contributed by atoms with E-state index in [0.717, 1.165) is 30.4 Å². The van der Waals surface area contributed by atoms with Gasteiger partial charge in [-0.25, -0.2) is 0 Å². The van der Waals surface area contributed by atoms with Crippen molar-refractivity contribution in [2.45, 2.75) is 19.9 Å². The van der Waals surface area contributed by atoms with Crippen molar-refractivity contribution < 1.29 is 0 Å². The zero-order valence-corrected chi connectivity index (χ0v) is 12.7. The van der Waals surface area contributed by atoms with Gasteiger partial charge in [0.1, 0.15) is 0 Å². The Morgan fingerprint density at radius 2 is 1.86 bits per heavy atom. The molecule has 3 nitrogen and oxygen atoms in total. The van der Waals surface area contributed by atoms with Gasteiger partial charge in [0.2, 0.25) is 5.56 Å². The lowest BCUT2D eigenvalue weighted by Crippen LogP contribution is -2.16. The van der Waals surface area contributed by atoms with Crippen molar-refractivity contribution in [1.29, 1.82) is 0 Å². The number of hydrogen-bond acceptors (Lipinski definition) is 2. The number of aromatic nitrogens is 1. The molecule has 0 spiro atoms. The van der Waals surface area contributed by atoms with E-state index in [4.69, 9.17) is 0 Å². The van der Waals surface area contributed by atoms with Crippen LogP contribution in [0.1, 0.15) is 16.7 Å². The highest BCUT2D eigenvalue weighted by Crippen LogP contribution is 2.12. The van der Waals surface area contributed by atoms with E-state index in [1.165, 1.54) is 16.7 Å². The standard InChI is InChI=1S/C19H20N2O/c1-14-3-2-4-16(11-14)13-20-10-9-15-5-6-17-7-8-19(22)21-18(17)12-15/h2-8,11-12,20H,9-10,13H2,1H3,(H,21,22). The molecule has 0 aliphatic heterocycles. The van der Waals surface area contributed by atoms with Crippen molar-refractivity contribution in [1.82, 2.24) is 10.3 Å². The molecule has 0 amide bonds. The summed E-state index contributed by atoms with van der Waals surface area (Å²) in [6, 6.07) is 18.2. The van der Waals surface area contributed by atoms with Crippen LogP contribution in [0.4, 0.5) is 0 Å². The van der Waals surface area contributed by atoms with E-state index in [9.17, 15) is 4.79 Å². The molecule has 0 aliphatic carbocycles. The molecular weight excluding hydrogens is 272 g/mol. The number of aryl methyl sites for hydroxylation is 1. The molecule has 2 aromatic carbocycles. The van der Waals surface area contributed by atoms with Gasteiger partial charge in [0.05, 0.1) is 0 Å². The predicted molar refractivity (Wildman–Crippen MR) is 91.2 cm³/mol. The molecule has 0 fully saturated rings. The van der Waals surface area contributed by atoms with Crippen molar-refractivity contribution in [2.75, 3.05) is 6.54 Å². The first-order chi connectivity index (χ1) is 10.7. The van der Waals surface area contributed by atoms with Gasteiger partial charge in [-0.3, -0.25) is 4.79 Å². The van der Waals surface area contributed by atoms with Gasteiger partial charge in [0, 0.05) is 18.1 Å². The molecule has 0 bridgehead atoms. The number of H-pyrrole nitrogens is 1. The van der Waals surface area contributed by atoms with Crippen molar-refractivity contribution in [3.8, 4) is 0 Å². The molecule has 3 heteroatoms. The summed E-state index contributed by atoms with van der Waals surface area (Å²) in [4.78, 5) is 14.2. The first kappa shape index (κ1) is 14.5. The molecule has 0 saturated carbocycles. The van der Waals surface area contributed by atoms with Crippen molar-refractivity contribution in [2.24, 2.45) is 0 Å². The molecule has 0 atom stereocenters. The quantitative estimate of drug-likeness (QED) is 0.709. The minimum atomic E-state index is -0.0535. The van der Waals surface area contributed by atoms with Crippen LogP contribution in [0.15, 0.2) is 59.4 Å². The van der Waals surface area contributed by atoms with Crippen LogP contribution in [0, 0.1) is 6.92 Å². The van der Waals surface area contributed by atoms with E-state index >= 15 is 0 Å². The van der Waals surface area contributed by atoms with E-state index in [2.05, 4.69) is 59.7 Å². The molecule has 0 saturated heterocycles. The third-order valence-electron chi connectivity index (χ3n) is 3.79. The molecule has 3 aromatic rings. The minimum absolute atomic E-state index is 0.0535. The Kier molecular flexibility index (Phi) is 4.35. The number of hydrogen-bond donors (Lipinski definition) is 2. The fourth-order valence-corrected chi connectivity index (χ4v) is 2.64. The predicted octanol–water partition coefficient (Wildman–Crippen LogP) is 3.17. The highest BCUT2D eigenvalue weighted by atomic mass is 16.1. The van der Waals surface area contributed by atoms with Crippen LogP contribution in [0.2, 0.25) is 0 Å². The molecule has 0 unspecified atom stereocenters. The number of nitrogens with one attached hydrogen (secondary N) is 2. The maximum Gasteiger partial charge on any atom is 0.248 e. The van der Waals surface area contributed by atoms with E-state index in [-0.39, 0.29) is 5.56 Å². The molecule has 1 heterocycles. The van der Waals surface area contributed by atoms with Crippen LogP contribution in [0.25, 0.3) is 10.9 Å². The normalized spacial score (nSPS) is 11.0. The zero-order valence-electron chi connectivity index (χ0n) is 12.7. The number of pyridine rings is 1. The van der Waals surface area contributed by atoms with Gasteiger partial charge in [0.15, 0.2) is 0 Å². The summed E-state index contributed by atoms with van der Waals surface area (Å²) in [5.41, 5.74) is 4.68. The lowest BCUT2D eigenvalue weighted by atomic mass is 10.1. The van der Waals surface area contributed by atoms with Crippen LogP contribution >= 0.6 is 0 Å². The van der Waals surface area contributed by atoms with Gasteiger partial charge >= 0.3 is 0 Å². The monoisotopic (exact) mass is 292 g/mol. The molecule has 1 aromatic heterocycles. The Bertz CT molecular complexity index is 836. The fraction of sp³-hybridized carbons (Fsp3) is 0.211. The van der Waals surface area contributed by atoms with Crippen molar-refractivity contribution >= 4 is 10.9 Å². The SMILES string of the molecule is Cc1cccc(CNCCc2ccc3ccc(=O)[nH]c3c2)c1. The Hall–Kier alpha value is -2.39. The lowest BCUT2D eigenvalue weighted by molar-refractivity contribution is 0.687. The van der Waals surface area contributed by atoms with E-state index < -0.39 is 0 Å². The Labute approximate surface area is 130 Å². The number of aromatic amines is 1. The summed E-state index contributed by atoms with van der Waals surface area (Å²) in [6.45, 7) is 3.90. The number of rotatable bonds is 5. The Balaban J connectivity index is 1.58. The summed E-state index contributed by atoms with van der Waals surface area (Å²) in [5, 5.41) is 4.53. The number of benzene rings is 2. The van der Waals surface area contributed by atoms with E-state index in [1.54, 1.807) is 6.07 Å². The molecular formula is C19H20N2O. The Morgan fingerprint density at radius 3 is 2.73 bits per heavy atom. The topological polar surface area (TPSA) is 44.9 Å². The summed E-state index contributed by atoms with van der Waals surface area (Å²) < 4.78 is 0. The summed E-state index contributed by atoms with van der Waals surface area (Å²) in [7, 11) is 0. The first-order valence-electron chi connectivity index (χ1n) is 7.59. The van der Waals surface area contributed by atoms with Gasteiger partial charge in [0.25, 0.3) is 0 Å². The highest BCUT2D eigenvalue weighted by Gasteiger charge is 1.98. The maximum atomic E-state index is 11.4. The second-order valence-electron chi connectivity index (χ2n) is 5.66. The van der Waals surface area contributed by atoms with Crippen LogP contribution in [0.5, 0.6) is 0 Å². The largest absolute Gasteiger partial charge is 0.322 e. The van der Waals surface area contributed by atoms with Crippen LogP contribution in [-0.4, -0.2) is 11.5 Å². The highest BCUT2D eigenvalue weighted by molar-refractivity contribution is 5.78. The van der Waals surface area contributed by atoms with Crippen LogP contribution in [-0.2, 0) is 13.0 Å². The fourth-order valence-electron chi connectivity index (χ4n) is 2.64. The molecule has 22 heavy (non-hydrogen) atoms. The minimum Gasteiger partial charge on any atom is -0.322 e. The average Bonchev–Trinajstić information content (AvgIpc) is 2.51. The lowest BCUT2D eigenvalue weighted by Gasteiger charge is -2.07. The summed E-state index contributed by atoms with van der Waals surface area (Å²) >= 11 is 0. The third kappa shape index (κ3) is 3.62. The van der Waals surface area contributed by atoms with Crippen LogP contribution in [0.3, 0.4) is 0 Å². The second-order valence-corrected chi connectivity index (χ2v) is 5.66. The Morgan fingerprint density at radius 1 is 1.00 bits per heavy atom. The zero-order chi connectivity index (χ0) is 15.4. The second kappa shape index (κ2) is 6.58. The molecule has 112 valence electrons. The van der Waals surface area contributed by atoms with E-state index in [0.29, 0.717) is 0 Å². The maximum absolute atomic E-state index is 11.4. The molecule has 0 radical (unpaired) electrons. The van der Waals surface area contributed by atoms with Gasteiger partial charge in [-0.05, 0) is 48.5 Å². The van der Waals surface area contributed by atoms with Gasteiger partial charge < -0.3 is 10.3 Å². The summed E-state index contributed by atoms with van der Waals surface area (Å²) in [5.74, 6) is 0. The van der Waals surface area contributed by atoms with Gasteiger partial charge in [-0.1, -0.05) is 42.0 Å². The number of fused-ring (bicyclic) bond motifs is 1. The summed E-state index contributed by atoms with van der Waals surface area (Å²) in [6.07, 6.45) is 0.943. The van der Waals surface area contributed by atoms with E-state index in [1.807, 2.05) is 6.07 Å². The van der Waals surface area contributed by atoms with Gasteiger partial charge in [-0.2, -0.15) is 0 Å². The molecule has 2 N–H and O–H groups in total. The average molecular weight is 292 g/mol. The molecule has 3 rings (SSSR count). The smallest absolute Gasteiger partial charge is 0.248 e. The third-order valence-corrected chi connectivity index (χ3v) is 3.79.